The van der Waals surface area contributed by atoms with E-state index in [1.54, 1.807) is 20.3 Å². The summed E-state index contributed by atoms with van der Waals surface area (Å²) in [5.74, 6) is 1.48. The van der Waals surface area contributed by atoms with E-state index in [9.17, 15) is 8.42 Å². The van der Waals surface area contributed by atoms with Crippen LogP contribution in [-0.4, -0.2) is 33.9 Å². The van der Waals surface area contributed by atoms with Gasteiger partial charge < -0.3 is 14.8 Å². The molecule has 0 amide bonds. The topological polar surface area (TPSA) is 77.5 Å². The minimum Gasteiger partial charge on any atom is -0.497 e. The van der Waals surface area contributed by atoms with Gasteiger partial charge in [0.15, 0.2) is 14.9 Å². The van der Waals surface area contributed by atoms with Crippen molar-refractivity contribution in [2.75, 3.05) is 25.8 Å². The maximum Gasteiger partial charge on any atom is 0.192 e. The van der Waals surface area contributed by atoms with E-state index in [2.05, 4.69) is 10.3 Å². The summed E-state index contributed by atoms with van der Waals surface area (Å²) in [6.07, 6.45) is 2.62. The molecule has 22 heavy (non-hydrogen) atoms. The van der Waals surface area contributed by atoms with Crippen LogP contribution in [0.4, 0.5) is 5.69 Å². The molecule has 0 saturated heterocycles. The van der Waals surface area contributed by atoms with Crippen molar-refractivity contribution in [1.82, 2.24) is 4.98 Å². The average Bonchev–Trinajstić information content (AvgIpc) is 2.52. The van der Waals surface area contributed by atoms with Crippen LogP contribution < -0.4 is 14.8 Å². The Labute approximate surface area is 130 Å². The van der Waals surface area contributed by atoms with Gasteiger partial charge in [-0.2, -0.15) is 0 Å². The molecule has 0 fully saturated rings. The minimum absolute atomic E-state index is 0.0528. The van der Waals surface area contributed by atoms with E-state index in [-0.39, 0.29) is 5.03 Å². The van der Waals surface area contributed by atoms with Crippen LogP contribution in [0.3, 0.4) is 0 Å². The Morgan fingerprint density at radius 1 is 1.14 bits per heavy atom. The average molecular weight is 322 g/mol. The van der Waals surface area contributed by atoms with E-state index in [4.69, 9.17) is 9.47 Å². The number of ether oxygens (including phenoxy) is 2. The predicted molar refractivity (Wildman–Crippen MR) is 84.2 cm³/mol. The predicted octanol–water partition coefficient (Wildman–Crippen LogP) is 2.11. The lowest BCUT2D eigenvalue weighted by molar-refractivity contribution is 0.399. The van der Waals surface area contributed by atoms with Gasteiger partial charge in [0.05, 0.1) is 26.1 Å². The summed E-state index contributed by atoms with van der Waals surface area (Å²) in [5, 5.41) is 3.23. The first kappa shape index (κ1) is 16.1. The van der Waals surface area contributed by atoms with Gasteiger partial charge in [0.25, 0.3) is 0 Å². The van der Waals surface area contributed by atoms with Crippen molar-refractivity contribution >= 4 is 15.5 Å². The van der Waals surface area contributed by atoms with E-state index >= 15 is 0 Å². The number of pyridine rings is 1. The van der Waals surface area contributed by atoms with Crippen LogP contribution in [0.5, 0.6) is 11.5 Å². The van der Waals surface area contributed by atoms with Gasteiger partial charge in [-0.3, -0.25) is 0 Å². The van der Waals surface area contributed by atoms with Crippen LogP contribution in [0.2, 0.25) is 0 Å². The third kappa shape index (κ3) is 3.88. The molecule has 1 aromatic carbocycles. The largest absolute Gasteiger partial charge is 0.497 e. The minimum atomic E-state index is -3.28. The molecule has 0 spiro atoms. The van der Waals surface area contributed by atoms with Gasteiger partial charge in [0, 0.05) is 18.4 Å². The van der Waals surface area contributed by atoms with E-state index in [1.807, 2.05) is 18.2 Å². The Morgan fingerprint density at radius 2 is 1.91 bits per heavy atom. The summed E-state index contributed by atoms with van der Waals surface area (Å²) in [7, 11) is -0.0728. The summed E-state index contributed by atoms with van der Waals surface area (Å²) in [6.45, 7) is 0.500. The van der Waals surface area contributed by atoms with Gasteiger partial charge in [0.2, 0.25) is 0 Å². The fraction of sp³-hybridized carbons (Fsp3) is 0.267. The zero-order valence-electron chi connectivity index (χ0n) is 12.7. The smallest absolute Gasteiger partial charge is 0.192 e. The fourth-order valence-electron chi connectivity index (χ4n) is 1.92. The van der Waals surface area contributed by atoms with Crippen molar-refractivity contribution in [3.8, 4) is 11.5 Å². The van der Waals surface area contributed by atoms with Gasteiger partial charge in [0.1, 0.15) is 11.5 Å². The molecule has 6 nitrogen and oxygen atoms in total. The zero-order valence-corrected chi connectivity index (χ0v) is 13.5. The third-order valence-corrected chi connectivity index (χ3v) is 4.09. The van der Waals surface area contributed by atoms with Crippen LogP contribution >= 0.6 is 0 Å². The molecule has 2 aromatic rings. The Balaban J connectivity index is 2.13. The van der Waals surface area contributed by atoms with Crippen molar-refractivity contribution < 1.29 is 17.9 Å². The lowest BCUT2D eigenvalue weighted by Gasteiger charge is -2.12. The van der Waals surface area contributed by atoms with Gasteiger partial charge >= 0.3 is 0 Å². The van der Waals surface area contributed by atoms with Gasteiger partial charge in [-0.05, 0) is 30.3 Å². The number of aromatic nitrogens is 1. The second kappa shape index (κ2) is 6.65. The van der Waals surface area contributed by atoms with Crippen LogP contribution in [0, 0.1) is 0 Å². The molecule has 1 heterocycles. The first-order valence-electron chi connectivity index (χ1n) is 6.55. The van der Waals surface area contributed by atoms with Crippen molar-refractivity contribution in [2.24, 2.45) is 0 Å². The first-order valence-corrected chi connectivity index (χ1v) is 8.44. The number of sulfone groups is 1. The highest BCUT2D eigenvalue weighted by molar-refractivity contribution is 7.90. The van der Waals surface area contributed by atoms with Crippen LogP contribution in [0.25, 0.3) is 0 Å². The molecular weight excluding hydrogens is 304 g/mol. The van der Waals surface area contributed by atoms with Crippen molar-refractivity contribution in [2.45, 2.75) is 11.6 Å². The summed E-state index contributed by atoms with van der Waals surface area (Å²) < 4.78 is 33.2. The summed E-state index contributed by atoms with van der Waals surface area (Å²) in [4.78, 5) is 3.93. The normalized spacial score (nSPS) is 11.0. The summed E-state index contributed by atoms with van der Waals surface area (Å²) >= 11 is 0. The number of hydrogen-bond acceptors (Lipinski definition) is 6. The standard InChI is InChI=1S/C15H18N2O4S/c1-20-13-5-6-14(21-2)11(8-13)9-16-12-4-7-15(17-10-12)22(3,18)19/h4-8,10,16H,9H2,1-3H3. The second-order valence-corrected chi connectivity index (χ2v) is 6.65. The third-order valence-electron chi connectivity index (χ3n) is 3.09. The number of benzene rings is 1. The Morgan fingerprint density at radius 3 is 2.45 bits per heavy atom. The summed E-state index contributed by atoms with van der Waals surface area (Å²) in [5.41, 5.74) is 1.64. The van der Waals surface area contributed by atoms with Gasteiger partial charge in [-0.15, -0.1) is 0 Å². The molecule has 0 saturated carbocycles. The van der Waals surface area contributed by atoms with E-state index in [0.29, 0.717) is 6.54 Å². The number of nitrogens with zero attached hydrogens (tertiary/aromatic N) is 1. The molecule has 0 unspecified atom stereocenters. The summed E-state index contributed by atoms with van der Waals surface area (Å²) in [6, 6.07) is 8.69. The molecule has 0 atom stereocenters. The fourth-order valence-corrected chi connectivity index (χ4v) is 2.48. The zero-order chi connectivity index (χ0) is 16.2. The lowest BCUT2D eigenvalue weighted by Crippen LogP contribution is -2.04. The Bertz CT molecular complexity index is 743. The van der Waals surface area contributed by atoms with Crippen LogP contribution in [0.15, 0.2) is 41.6 Å². The van der Waals surface area contributed by atoms with Gasteiger partial charge in [-0.1, -0.05) is 0 Å². The molecule has 7 heteroatoms. The Hall–Kier alpha value is -2.28. The number of rotatable bonds is 6. The molecular formula is C15H18N2O4S. The molecule has 0 radical (unpaired) electrons. The molecule has 0 aliphatic carbocycles. The monoisotopic (exact) mass is 322 g/mol. The van der Waals surface area contributed by atoms with Crippen molar-refractivity contribution in [1.29, 1.82) is 0 Å². The van der Waals surface area contributed by atoms with E-state index in [1.165, 1.54) is 12.3 Å². The Kier molecular flexibility index (Phi) is 4.87. The van der Waals surface area contributed by atoms with Crippen LogP contribution in [0.1, 0.15) is 5.56 Å². The highest BCUT2D eigenvalue weighted by atomic mass is 32.2. The van der Waals surface area contributed by atoms with Crippen molar-refractivity contribution in [3.63, 3.8) is 0 Å². The molecule has 2 rings (SSSR count). The first-order chi connectivity index (χ1) is 10.4. The highest BCUT2D eigenvalue weighted by Crippen LogP contribution is 2.24. The maximum atomic E-state index is 11.4. The number of anilines is 1. The van der Waals surface area contributed by atoms with Gasteiger partial charge in [-0.25, -0.2) is 13.4 Å². The maximum absolute atomic E-state index is 11.4. The SMILES string of the molecule is COc1ccc(OC)c(CNc2ccc(S(C)(=O)=O)nc2)c1. The molecule has 0 aliphatic heterocycles. The lowest BCUT2D eigenvalue weighted by atomic mass is 10.2. The van der Waals surface area contributed by atoms with E-state index < -0.39 is 9.84 Å². The number of hydrogen-bond donors (Lipinski definition) is 1. The molecule has 1 N–H and O–H groups in total. The second-order valence-electron chi connectivity index (χ2n) is 4.69. The quantitative estimate of drug-likeness (QED) is 0.878. The molecule has 0 aliphatic rings. The number of methoxy groups -OCH3 is 2. The highest BCUT2D eigenvalue weighted by Gasteiger charge is 2.09. The molecule has 1 aromatic heterocycles. The number of nitrogens with one attached hydrogen (secondary N) is 1. The van der Waals surface area contributed by atoms with Crippen molar-refractivity contribution in [3.05, 3.63) is 42.1 Å². The van der Waals surface area contributed by atoms with Crippen LogP contribution in [-0.2, 0) is 16.4 Å². The van der Waals surface area contributed by atoms with E-state index in [0.717, 1.165) is 29.0 Å². The molecule has 0 bridgehead atoms. The molecule has 118 valence electrons.